The Kier molecular flexibility index (Phi) is 4.19. The lowest BCUT2D eigenvalue weighted by Crippen LogP contribution is -1.99. The van der Waals surface area contributed by atoms with Gasteiger partial charge in [-0.05, 0) is 54.1 Å². The van der Waals surface area contributed by atoms with Crippen LogP contribution in [0.1, 0.15) is 5.56 Å². The van der Waals surface area contributed by atoms with Crippen LogP contribution in [0, 0.1) is 0 Å². The van der Waals surface area contributed by atoms with Crippen LogP contribution in [-0.2, 0) is 6.54 Å². The molecule has 28 heavy (non-hydrogen) atoms. The standard InChI is InChI=1S/C25H19NO2/c1-2-8-20(9-3-1)27-21-10-6-7-18(15-21)17-26-19-13-14-25-23(16-19)22-11-4-5-12-24(22)28-25/h1-16,26H,17H2. The predicted octanol–water partition coefficient (Wildman–Crippen LogP) is 6.99. The van der Waals surface area contributed by atoms with Crippen molar-refractivity contribution in [2.75, 3.05) is 5.32 Å². The Labute approximate surface area is 163 Å². The topological polar surface area (TPSA) is 34.4 Å². The average molecular weight is 365 g/mol. The first kappa shape index (κ1) is 16.5. The third-order valence-electron chi connectivity index (χ3n) is 4.75. The fourth-order valence-corrected chi connectivity index (χ4v) is 3.38. The highest BCUT2D eigenvalue weighted by Gasteiger charge is 2.07. The minimum Gasteiger partial charge on any atom is -0.457 e. The molecule has 0 aliphatic rings. The van der Waals surface area contributed by atoms with Gasteiger partial charge in [-0.1, -0.05) is 48.5 Å². The second-order valence-corrected chi connectivity index (χ2v) is 6.73. The van der Waals surface area contributed by atoms with Crippen molar-refractivity contribution in [2.24, 2.45) is 0 Å². The van der Waals surface area contributed by atoms with Crippen LogP contribution in [0.5, 0.6) is 11.5 Å². The van der Waals surface area contributed by atoms with E-state index in [0.29, 0.717) is 6.54 Å². The van der Waals surface area contributed by atoms with E-state index in [-0.39, 0.29) is 0 Å². The van der Waals surface area contributed by atoms with Crippen LogP contribution in [0.4, 0.5) is 5.69 Å². The number of rotatable bonds is 5. The van der Waals surface area contributed by atoms with Gasteiger partial charge in [0.25, 0.3) is 0 Å². The van der Waals surface area contributed by atoms with Crippen LogP contribution in [0.25, 0.3) is 21.9 Å². The number of hydrogen-bond acceptors (Lipinski definition) is 3. The molecule has 0 fully saturated rings. The zero-order chi connectivity index (χ0) is 18.8. The zero-order valence-electron chi connectivity index (χ0n) is 15.3. The number of ether oxygens (including phenoxy) is 1. The Hall–Kier alpha value is -3.72. The summed E-state index contributed by atoms with van der Waals surface area (Å²) in [7, 11) is 0. The monoisotopic (exact) mass is 365 g/mol. The molecule has 5 rings (SSSR count). The van der Waals surface area contributed by atoms with Crippen LogP contribution in [0.15, 0.2) is 101 Å². The van der Waals surface area contributed by atoms with Gasteiger partial charge in [0.2, 0.25) is 0 Å². The number of para-hydroxylation sites is 2. The van der Waals surface area contributed by atoms with E-state index >= 15 is 0 Å². The molecule has 3 nitrogen and oxygen atoms in total. The van der Waals surface area contributed by atoms with Crippen LogP contribution < -0.4 is 10.1 Å². The van der Waals surface area contributed by atoms with Crippen molar-refractivity contribution in [3.63, 3.8) is 0 Å². The normalized spacial score (nSPS) is 11.0. The second kappa shape index (κ2) is 7.12. The lowest BCUT2D eigenvalue weighted by Gasteiger charge is -2.09. The van der Waals surface area contributed by atoms with Crippen molar-refractivity contribution in [1.29, 1.82) is 0 Å². The molecule has 1 N–H and O–H groups in total. The minimum absolute atomic E-state index is 0.716. The highest BCUT2D eigenvalue weighted by Crippen LogP contribution is 2.30. The lowest BCUT2D eigenvalue weighted by molar-refractivity contribution is 0.482. The molecule has 0 atom stereocenters. The fraction of sp³-hybridized carbons (Fsp3) is 0.0400. The van der Waals surface area contributed by atoms with Crippen LogP contribution in [0.2, 0.25) is 0 Å². The predicted molar refractivity (Wildman–Crippen MR) is 114 cm³/mol. The molecule has 0 saturated carbocycles. The Morgan fingerprint density at radius 1 is 0.643 bits per heavy atom. The van der Waals surface area contributed by atoms with Crippen molar-refractivity contribution in [1.82, 2.24) is 0 Å². The van der Waals surface area contributed by atoms with Crippen LogP contribution >= 0.6 is 0 Å². The van der Waals surface area contributed by atoms with Crippen LogP contribution in [-0.4, -0.2) is 0 Å². The molecule has 0 bridgehead atoms. The first-order valence-corrected chi connectivity index (χ1v) is 9.32. The van der Waals surface area contributed by atoms with Crippen molar-refractivity contribution in [3.8, 4) is 11.5 Å². The number of hydrogen-bond donors (Lipinski definition) is 1. The van der Waals surface area contributed by atoms with Crippen molar-refractivity contribution in [3.05, 3.63) is 103 Å². The number of fused-ring (bicyclic) bond motifs is 3. The van der Waals surface area contributed by atoms with Gasteiger partial charge in [0.15, 0.2) is 0 Å². The minimum atomic E-state index is 0.716. The molecule has 3 heteroatoms. The Balaban J connectivity index is 1.34. The molecule has 0 aliphatic carbocycles. The van der Waals surface area contributed by atoms with Crippen molar-refractivity contribution >= 4 is 27.6 Å². The van der Waals surface area contributed by atoms with Gasteiger partial charge in [-0.15, -0.1) is 0 Å². The molecule has 0 radical (unpaired) electrons. The van der Waals surface area contributed by atoms with Crippen molar-refractivity contribution < 1.29 is 9.15 Å². The van der Waals surface area contributed by atoms with Gasteiger partial charge in [-0.2, -0.15) is 0 Å². The molecule has 0 aliphatic heterocycles. The summed E-state index contributed by atoms with van der Waals surface area (Å²) in [6, 6.07) is 32.3. The van der Waals surface area contributed by atoms with E-state index in [2.05, 4.69) is 35.6 Å². The van der Waals surface area contributed by atoms with Gasteiger partial charge in [-0.3, -0.25) is 0 Å². The highest BCUT2D eigenvalue weighted by atomic mass is 16.5. The van der Waals surface area contributed by atoms with E-state index in [1.54, 1.807) is 0 Å². The lowest BCUT2D eigenvalue weighted by atomic mass is 10.1. The number of benzene rings is 4. The summed E-state index contributed by atoms with van der Waals surface area (Å²) in [5.74, 6) is 1.67. The Morgan fingerprint density at radius 2 is 1.43 bits per heavy atom. The summed E-state index contributed by atoms with van der Waals surface area (Å²) in [5.41, 5.74) is 4.05. The maximum Gasteiger partial charge on any atom is 0.135 e. The second-order valence-electron chi connectivity index (χ2n) is 6.73. The summed E-state index contributed by atoms with van der Waals surface area (Å²) >= 11 is 0. The molecular weight excluding hydrogens is 346 g/mol. The molecule has 0 amide bonds. The molecule has 0 spiro atoms. The van der Waals surface area contributed by atoms with E-state index in [1.807, 2.05) is 66.7 Å². The quantitative estimate of drug-likeness (QED) is 0.364. The maximum atomic E-state index is 5.93. The third kappa shape index (κ3) is 3.30. The molecule has 4 aromatic carbocycles. The van der Waals surface area contributed by atoms with Gasteiger partial charge in [0, 0.05) is 23.0 Å². The van der Waals surface area contributed by atoms with Gasteiger partial charge in [0.05, 0.1) is 0 Å². The summed E-state index contributed by atoms with van der Waals surface area (Å²) in [4.78, 5) is 0. The van der Waals surface area contributed by atoms with Gasteiger partial charge in [-0.25, -0.2) is 0 Å². The Bertz CT molecular complexity index is 1240. The molecular formula is C25H19NO2. The SMILES string of the molecule is c1ccc(Oc2cccc(CNc3ccc4oc5ccccc5c4c3)c2)cc1. The summed E-state index contributed by atoms with van der Waals surface area (Å²) in [6.45, 7) is 0.716. The van der Waals surface area contributed by atoms with E-state index in [9.17, 15) is 0 Å². The average Bonchev–Trinajstić information content (AvgIpc) is 3.11. The Morgan fingerprint density at radius 3 is 2.36 bits per heavy atom. The fourth-order valence-electron chi connectivity index (χ4n) is 3.38. The molecule has 0 unspecified atom stereocenters. The van der Waals surface area contributed by atoms with E-state index < -0.39 is 0 Å². The first-order valence-electron chi connectivity index (χ1n) is 9.32. The zero-order valence-corrected chi connectivity index (χ0v) is 15.3. The van der Waals surface area contributed by atoms with E-state index in [1.165, 1.54) is 0 Å². The van der Waals surface area contributed by atoms with E-state index in [0.717, 1.165) is 44.7 Å². The van der Waals surface area contributed by atoms with E-state index in [4.69, 9.17) is 9.15 Å². The molecule has 0 saturated heterocycles. The largest absolute Gasteiger partial charge is 0.457 e. The van der Waals surface area contributed by atoms with Gasteiger partial charge < -0.3 is 14.5 Å². The molecule has 5 aromatic rings. The van der Waals surface area contributed by atoms with Gasteiger partial charge in [0.1, 0.15) is 22.7 Å². The maximum absolute atomic E-state index is 5.93. The number of furan rings is 1. The summed E-state index contributed by atoms with van der Waals surface area (Å²) in [6.07, 6.45) is 0. The van der Waals surface area contributed by atoms with Crippen LogP contribution in [0.3, 0.4) is 0 Å². The highest BCUT2D eigenvalue weighted by molar-refractivity contribution is 6.05. The third-order valence-corrected chi connectivity index (χ3v) is 4.75. The first-order chi connectivity index (χ1) is 13.8. The summed E-state index contributed by atoms with van der Waals surface area (Å²) in [5, 5.41) is 5.77. The van der Waals surface area contributed by atoms with Gasteiger partial charge >= 0.3 is 0 Å². The number of nitrogens with one attached hydrogen (secondary N) is 1. The van der Waals surface area contributed by atoms with Crippen molar-refractivity contribution in [2.45, 2.75) is 6.54 Å². The number of anilines is 1. The smallest absolute Gasteiger partial charge is 0.135 e. The molecule has 1 heterocycles. The molecule has 1 aromatic heterocycles. The molecule has 136 valence electrons. The summed E-state index contributed by atoms with van der Waals surface area (Å²) < 4.78 is 11.8.